The molecule has 31 heavy (non-hydrogen) atoms. The van der Waals surface area contributed by atoms with Crippen molar-refractivity contribution in [1.82, 2.24) is 15.2 Å². The van der Waals surface area contributed by atoms with Gasteiger partial charge in [0.05, 0.1) is 23.4 Å². The molecule has 1 fully saturated rings. The molecule has 0 atom stereocenters. The van der Waals surface area contributed by atoms with Crippen molar-refractivity contribution >= 4 is 38.2 Å². The maximum atomic E-state index is 12.8. The Kier molecular flexibility index (Phi) is 5.80. The molecular formula is C24H23N3O3S. The van der Waals surface area contributed by atoms with Crippen molar-refractivity contribution in [1.29, 1.82) is 0 Å². The molecule has 0 unspecified atom stereocenters. The number of thiophene rings is 1. The monoisotopic (exact) mass is 433 g/mol. The highest BCUT2D eigenvalue weighted by Crippen LogP contribution is 2.33. The summed E-state index contributed by atoms with van der Waals surface area (Å²) < 4.78 is 12.5. The number of aromatic nitrogens is 1. The Hall–Kier alpha value is -3.00. The zero-order chi connectivity index (χ0) is 21.0. The summed E-state index contributed by atoms with van der Waals surface area (Å²) in [6.45, 7) is 4.82. The normalized spacial score (nSPS) is 14.7. The van der Waals surface area contributed by atoms with Crippen LogP contribution in [0.25, 0.3) is 21.0 Å². The minimum Gasteiger partial charge on any atom is -0.456 e. The van der Waals surface area contributed by atoms with Crippen molar-refractivity contribution < 1.29 is 14.3 Å². The third-order valence-corrected chi connectivity index (χ3v) is 6.37. The van der Waals surface area contributed by atoms with E-state index in [0.29, 0.717) is 12.1 Å². The molecule has 0 bridgehead atoms. The molecule has 1 aliphatic rings. The third-order valence-electron chi connectivity index (χ3n) is 5.45. The molecule has 1 N–H and O–H groups in total. The molecular weight excluding hydrogens is 410 g/mol. The number of carbonyl (C=O) groups is 1. The summed E-state index contributed by atoms with van der Waals surface area (Å²) in [5, 5.41) is 6.94. The molecule has 2 aromatic heterocycles. The van der Waals surface area contributed by atoms with Crippen LogP contribution in [0.1, 0.15) is 10.4 Å². The Morgan fingerprint density at radius 1 is 1.16 bits per heavy atom. The number of carbonyl (C=O) groups excluding carboxylic acids is 1. The van der Waals surface area contributed by atoms with Crippen molar-refractivity contribution in [2.45, 2.75) is 0 Å². The van der Waals surface area contributed by atoms with Crippen molar-refractivity contribution in [2.24, 2.45) is 0 Å². The van der Waals surface area contributed by atoms with Crippen LogP contribution in [0.15, 0.2) is 60.1 Å². The summed E-state index contributed by atoms with van der Waals surface area (Å²) in [7, 11) is 0. The lowest BCUT2D eigenvalue weighted by Crippen LogP contribution is -2.41. The first-order chi connectivity index (χ1) is 15.3. The molecule has 158 valence electrons. The van der Waals surface area contributed by atoms with E-state index in [1.165, 1.54) is 0 Å². The predicted octanol–water partition coefficient (Wildman–Crippen LogP) is 4.30. The number of morpholine rings is 1. The number of hydrogen-bond acceptors (Lipinski definition) is 6. The molecule has 0 aliphatic carbocycles. The van der Waals surface area contributed by atoms with E-state index in [4.69, 9.17) is 9.47 Å². The van der Waals surface area contributed by atoms with Gasteiger partial charge in [-0.2, -0.15) is 0 Å². The van der Waals surface area contributed by atoms with Crippen LogP contribution in [0, 0.1) is 0 Å². The van der Waals surface area contributed by atoms with Crippen LogP contribution in [-0.2, 0) is 4.74 Å². The van der Waals surface area contributed by atoms with Crippen LogP contribution >= 0.6 is 11.3 Å². The fraction of sp³-hybridized carbons (Fsp3) is 0.250. The van der Waals surface area contributed by atoms with E-state index in [2.05, 4.69) is 15.2 Å². The number of amides is 1. The van der Waals surface area contributed by atoms with Crippen LogP contribution in [0.3, 0.4) is 0 Å². The van der Waals surface area contributed by atoms with Gasteiger partial charge in [0.1, 0.15) is 11.5 Å². The first kappa shape index (κ1) is 19.9. The number of nitrogens with zero attached hydrogens (tertiary/aromatic N) is 2. The standard InChI is InChI=1S/C24H23N3O3S/c28-24(26-9-10-27-11-13-29-14-12-27)20-3-1-2-17-16-18(4-5-19(17)20)30-22-6-8-25-21-7-15-31-23(21)22/h1-8,15-16H,9-14H2,(H,26,28). The van der Waals surface area contributed by atoms with Crippen molar-refractivity contribution in [2.75, 3.05) is 39.4 Å². The summed E-state index contributed by atoms with van der Waals surface area (Å²) >= 11 is 1.61. The highest BCUT2D eigenvalue weighted by atomic mass is 32.1. The smallest absolute Gasteiger partial charge is 0.251 e. The average Bonchev–Trinajstić information content (AvgIpc) is 3.29. The van der Waals surface area contributed by atoms with Gasteiger partial charge in [-0.15, -0.1) is 11.3 Å². The molecule has 1 aliphatic heterocycles. The van der Waals surface area contributed by atoms with Crippen LogP contribution < -0.4 is 10.1 Å². The first-order valence-electron chi connectivity index (χ1n) is 10.4. The molecule has 6 nitrogen and oxygen atoms in total. The van der Waals surface area contributed by atoms with E-state index < -0.39 is 0 Å². The maximum absolute atomic E-state index is 12.8. The van der Waals surface area contributed by atoms with Crippen molar-refractivity contribution in [3.63, 3.8) is 0 Å². The molecule has 4 aromatic rings. The molecule has 1 saturated heterocycles. The quantitative estimate of drug-likeness (QED) is 0.491. The Labute approximate surface area is 184 Å². The fourth-order valence-electron chi connectivity index (χ4n) is 3.83. The number of hydrogen-bond donors (Lipinski definition) is 1. The summed E-state index contributed by atoms with van der Waals surface area (Å²) in [4.78, 5) is 19.5. The fourth-order valence-corrected chi connectivity index (χ4v) is 4.63. The second-order valence-corrected chi connectivity index (χ2v) is 8.36. The Morgan fingerprint density at radius 2 is 2.06 bits per heavy atom. The van der Waals surface area contributed by atoms with E-state index >= 15 is 0 Å². The molecule has 7 heteroatoms. The minimum atomic E-state index is -0.0537. The second-order valence-electron chi connectivity index (χ2n) is 7.44. The van der Waals surface area contributed by atoms with Gasteiger partial charge in [0.15, 0.2) is 0 Å². The molecule has 3 heterocycles. The van der Waals surface area contributed by atoms with Gasteiger partial charge >= 0.3 is 0 Å². The Balaban J connectivity index is 1.31. The first-order valence-corrected chi connectivity index (χ1v) is 11.3. The van der Waals surface area contributed by atoms with Gasteiger partial charge in [-0.3, -0.25) is 14.7 Å². The molecule has 0 radical (unpaired) electrons. The zero-order valence-electron chi connectivity index (χ0n) is 17.0. The maximum Gasteiger partial charge on any atom is 0.251 e. The van der Waals surface area contributed by atoms with E-state index in [1.807, 2.05) is 53.9 Å². The highest BCUT2D eigenvalue weighted by molar-refractivity contribution is 7.17. The van der Waals surface area contributed by atoms with E-state index in [-0.39, 0.29) is 5.91 Å². The topological polar surface area (TPSA) is 63.7 Å². The number of benzene rings is 2. The average molecular weight is 434 g/mol. The van der Waals surface area contributed by atoms with Gasteiger partial charge < -0.3 is 14.8 Å². The van der Waals surface area contributed by atoms with E-state index in [1.54, 1.807) is 17.5 Å². The van der Waals surface area contributed by atoms with Crippen LogP contribution in [-0.4, -0.2) is 55.2 Å². The lowest BCUT2D eigenvalue weighted by molar-refractivity contribution is 0.0383. The summed E-state index contributed by atoms with van der Waals surface area (Å²) in [5.41, 5.74) is 1.61. The van der Waals surface area contributed by atoms with Gasteiger partial charge in [-0.1, -0.05) is 12.1 Å². The highest BCUT2D eigenvalue weighted by Gasteiger charge is 2.13. The number of nitrogens with one attached hydrogen (secondary N) is 1. The lowest BCUT2D eigenvalue weighted by Gasteiger charge is -2.26. The predicted molar refractivity (Wildman–Crippen MR) is 123 cm³/mol. The molecule has 0 spiro atoms. The number of pyridine rings is 1. The number of rotatable bonds is 6. The summed E-state index contributed by atoms with van der Waals surface area (Å²) in [6.07, 6.45) is 1.75. The van der Waals surface area contributed by atoms with Gasteiger partial charge in [-0.25, -0.2) is 0 Å². The molecule has 0 saturated carbocycles. The Morgan fingerprint density at radius 3 is 2.97 bits per heavy atom. The van der Waals surface area contributed by atoms with Crippen LogP contribution in [0.2, 0.25) is 0 Å². The summed E-state index contributed by atoms with van der Waals surface area (Å²) in [5.74, 6) is 1.47. The molecule has 1 amide bonds. The van der Waals surface area contributed by atoms with Gasteiger partial charge in [0, 0.05) is 44.0 Å². The van der Waals surface area contributed by atoms with Crippen LogP contribution in [0.5, 0.6) is 11.5 Å². The van der Waals surface area contributed by atoms with Gasteiger partial charge in [0.25, 0.3) is 5.91 Å². The van der Waals surface area contributed by atoms with Gasteiger partial charge in [-0.05, 0) is 46.5 Å². The van der Waals surface area contributed by atoms with Crippen molar-refractivity contribution in [3.05, 3.63) is 65.7 Å². The minimum absolute atomic E-state index is 0.0537. The molecule has 5 rings (SSSR count). The van der Waals surface area contributed by atoms with E-state index in [0.717, 1.165) is 65.3 Å². The van der Waals surface area contributed by atoms with E-state index in [9.17, 15) is 4.79 Å². The zero-order valence-corrected chi connectivity index (χ0v) is 17.9. The second kappa shape index (κ2) is 9.01. The third kappa shape index (κ3) is 4.39. The SMILES string of the molecule is O=C(NCCN1CCOCC1)c1cccc2cc(Oc3ccnc4ccsc34)ccc12. The molecule has 2 aromatic carbocycles. The summed E-state index contributed by atoms with van der Waals surface area (Å²) in [6, 6.07) is 15.5. The number of ether oxygens (including phenoxy) is 2. The largest absolute Gasteiger partial charge is 0.456 e. The van der Waals surface area contributed by atoms with Gasteiger partial charge in [0.2, 0.25) is 0 Å². The Bertz CT molecular complexity index is 1220. The van der Waals surface area contributed by atoms with Crippen molar-refractivity contribution in [3.8, 4) is 11.5 Å². The number of fused-ring (bicyclic) bond motifs is 2. The lowest BCUT2D eigenvalue weighted by atomic mass is 10.0. The van der Waals surface area contributed by atoms with Crippen LogP contribution in [0.4, 0.5) is 0 Å².